The van der Waals surface area contributed by atoms with Gasteiger partial charge in [0.1, 0.15) is 0 Å². The van der Waals surface area contributed by atoms with Crippen LogP contribution in [0.3, 0.4) is 0 Å². The Kier molecular flexibility index (Phi) is 4.63. The number of hydrogen-bond acceptors (Lipinski definition) is 5. The maximum atomic E-state index is 12.5. The number of aromatic nitrogens is 1. The van der Waals surface area contributed by atoms with Gasteiger partial charge < -0.3 is 10.6 Å². The molecule has 1 aliphatic heterocycles. The van der Waals surface area contributed by atoms with E-state index in [-0.39, 0.29) is 10.9 Å². The predicted octanol–water partition coefficient (Wildman–Crippen LogP) is 1.20. The van der Waals surface area contributed by atoms with E-state index in [9.17, 15) is 13.2 Å². The van der Waals surface area contributed by atoms with Gasteiger partial charge in [-0.15, -0.1) is 0 Å². The fourth-order valence-electron chi connectivity index (χ4n) is 2.56. The van der Waals surface area contributed by atoms with Crippen molar-refractivity contribution in [1.82, 2.24) is 10.3 Å². The molecule has 0 spiro atoms. The number of carbonyl (C=O) groups excluding carboxylic acids is 1. The summed E-state index contributed by atoms with van der Waals surface area (Å²) in [5.41, 5.74) is 0.124. The topological polar surface area (TPSA) is 88.2 Å². The fourth-order valence-corrected chi connectivity index (χ4v) is 3.12. The Bertz CT molecular complexity index is 605. The van der Waals surface area contributed by atoms with Crippen LogP contribution in [0.5, 0.6) is 0 Å². The first-order valence-corrected chi connectivity index (χ1v) is 8.95. The van der Waals surface area contributed by atoms with E-state index in [1.807, 2.05) is 6.92 Å². The van der Waals surface area contributed by atoms with Gasteiger partial charge in [-0.25, -0.2) is 13.4 Å². The van der Waals surface area contributed by atoms with E-state index >= 15 is 0 Å². The molecule has 1 aromatic heterocycles. The van der Waals surface area contributed by atoms with Crippen LogP contribution in [0.15, 0.2) is 23.4 Å². The molecule has 1 amide bonds. The third-order valence-electron chi connectivity index (χ3n) is 4.00. The van der Waals surface area contributed by atoms with Gasteiger partial charge in [0.15, 0.2) is 14.9 Å². The van der Waals surface area contributed by atoms with E-state index in [1.54, 1.807) is 6.07 Å². The van der Waals surface area contributed by atoms with Gasteiger partial charge in [0.25, 0.3) is 0 Å². The van der Waals surface area contributed by atoms with Gasteiger partial charge in [-0.3, -0.25) is 4.79 Å². The number of amides is 1. The summed E-state index contributed by atoms with van der Waals surface area (Å²) in [6.07, 6.45) is 5.09. The van der Waals surface area contributed by atoms with Crippen molar-refractivity contribution >= 4 is 21.4 Å². The van der Waals surface area contributed by atoms with Crippen molar-refractivity contribution < 1.29 is 13.2 Å². The molecular weight excluding hydrogens is 290 g/mol. The molecule has 21 heavy (non-hydrogen) atoms. The average molecular weight is 311 g/mol. The van der Waals surface area contributed by atoms with Gasteiger partial charge in [-0.2, -0.15) is 0 Å². The van der Waals surface area contributed by atoms with Crippen molar-refractivity contribution in [2.75, 3.05) is 24.7 Å². The third kappa shape index (κ3) is 3.59. The molecule has 2 N–H and O–H groups in total. The summed E-state index contributed by atoms with van der Waals surface area (Å²) in [6, 6.07) is 2.98. The summed E-state index contributed by atoms with van der Waals surface area (Å²) in [5.74, 6) is -0.0360. The first-order chi connectivity index (χ1) is 9.87. The summed E-state index contributed by atoms with van der Waals surface area (Å²) in [4.78, 5) is 16.4. The molecule has 2 rings (SSSR count). The Morgan fingerprint density at radius 1 is 1.48 bits per heavy atom. The number of rotatable bonds is 4. The van der Waals surface area contributed by atoms with E-state index in [1.165, 1.54) is 12.3 Å². The van der Waals surface area contributed by atoms with E-state index in [2.05, 4.69) is 15.6 Å². The SMILES string of the molecule is CCC1(C(=O)Nc2ccc(S(C)(=O)=O)nc2)CCCNC1. The molecule has 0 radical (unpaired) electrons. The van der Waals surface area contributed by atoms with Crippen LogP contribution < -0.4 is 10.6 Å². The van der Waals surface area contributed by atoms with Gasteiger partial charge in [0.2, 0.25) is 5.91 Å². The molecule has 0 aliphatic carbocycles. The number of hydrogen-bond donors (Lipinski definition) is 2. The van der Waals surface area contributed by atoms with E-state index < -0.39 is 15.3 Å². The number of pyridine rings is 1. The minimum absolute atomic E-state index is 0.00466. The number of carbonyl (C=O) groups is 1. The molecule has 0 aromatic carbocycles. The molecular formula is C14H21N3O3S. The number of piperidine rings is 1. The molecule has 116 valence electrons. The van der Waals surface area contributed by atoms with Crippen LogP contribution in [0.1, 0.15) is 26.2 Å². The molecule has 2 heterocycles. The lowest BCUT2D eigenvalue weighted by molar-refractivity contribution is -0.126. The highest BCUT2D eigenvalue weighted by Crippen LogP contribution is 2.31. The smallest absolute Gasteiger partial charge is 0.231 e. The first kappa shape index (κ1) is 15.9. The summed E-state index contributed by atoms with van der Waals surface area (Å²) in [7, 11) is -3.32. The highest BCUT2D eigenvalue weighted by Gasteiger charge is 2.37. The minimum Gasteiger partial charge on any atom is -0.324 e. The summed E-state index contributed by atoms with van der Waals surface area (Å²) in [5, 5.41) is 6.12. The maximum absolute atomic E-state index is 12.5. The van der Waals surface area contributed by atoms with Gasteiger partial charge >= 0.3 is 0 Å². The van der Waals surface area contributed by atoms with E-state index in [0.717, 1.165) is 32.1 Å². The van der Waals surface area contributed by atoms with Crippen molar-refractivity contribution in [3.63, 3.8) is 0 Å². The second-order valence-corrected chi connectivity index (χ2v) is 7.49. The second kappa shape index (κ2) is 6.11. The number of nitrogens with zero attached hydrogens (tertiary/aromatic N) is 1. The van der Waals surface area contributed by atoms with Gasteiger partial charge in [0, 0.05) is 12.8 Å². The average Bonchev–Trinajstić information content (AvgIpc) is 2.47. The Labute approximate surface area is 125 Å². The molecule has 1 fully saturated rings. The lowest BCUT2D eigenvalue weighted by Crippen LogP contribution is -2.47. The molecule has 0 saturated carbocycles. The Morgan fingerprint density at radius 2 is 2.24 bits per heavy atom. The van der Waals surface area contributed by atoms with Crippen molar-refractivity contribution in [3.05, 3.63) is 18.3 Å². The molecule has 1 saturated heterocycles. The van der Waals surface area contributed by atoms with Crippen molar-refractivity contribution in [2.24, 2.45) is 5.41 Å². The van der Waals surface area contributed by atoms with Crippen molar-refractivity contribution in [3.8, 4) is 0 Å². The monoisotopic (exact) mass is 311 g/mol. The van der Waals surface area contributed by atoms with Crippen LogP contribution in [0.4, 0.5) is 5.69 Å². The molecule has 1 atom stereocenters. The highest BCUT2D eigenvalue weighted by molar-refractivity contribution is 7.90. The Hall–Kier alpha value is -1.47. The van der Waals surface area contributed by atoms with E-state index in [4.69, 9.17) is 0 Å². The van der Waals surface area contributed by atoms with Crippen LogP contribution in [-0.2, 0) is 14.6 Å². The van der Waals surface area contributed by atoms with Crippen LogP contribution in [0, 0.1) is 5.41 Å². The van der Waals surface area contributed by atoms with Crippen LogP contribution in [0.2, 0.25) is 0 Å². The normalized spacial score (nSPS) is 22.8. The molecule has 6 nitrogen and oxygen atoms in total. The molecule has 1 aliphatic rings. The Balaban J connectivity index is 2.12. The number of sulfone groups is 1. The fraction of sp³-hybridized carbons (Fsp3) is 0.571. The molecule has 7 heteroatoms. The van der Waals surface area contributed by atoms with Crippen LogP contribution in [-0.4, -0.2) is 38.7 Å². The van der Waals surface area contributed by atoms with E-state index in [0.29, 0.717) is 12.2 Å². The predicted molar refractivity (Wildman–Crippen MR) is 80.8 cm³/mol. The quantitative estimate of drug-likeness (QED) is 0.872. The first-order valence-electron chi connectivity index (χ1n) is 7.06. The molecule has 1 unspecified atom stereocenters. The highest BCUT2D eigenvalue weighted by atomic mass is 32.2. The minimum atomic E-state index is -3.32. The van der Waals surface area contributed by atoms with Gasteiger partial charge in [0.05, 0.1) is 17.3 Å². The van der Waals surface area contributed by atoms with Crippen LogP contribution in [0.25, 0.3) is 0 Å². The lowest BCUT2D eigenvalue weighted by Gasteiger charge is -2.35. The maximum Gasteiger partial charge on any atom is 0.231 e. The second-order valence-electron chi connectivity index (χ2n) is 5.53. The van der Waals surface area contributed by atoms with Gasteiger partial charge in [-0.05, 0) is 37.9 Å². The zero-order valence-electron chi connectivity index (χ0n) is 12.3. The number of nitrogens with one attached hydrogen (secondary N) is 2. The largest absolute Gasteiger partial charge is 0.324 e. The lowest BCUT2D eigenvalue weighted by atomic mass is 9.77. The standard InChI is InChI=1S/C14H21N3O3S/c1-3-14(7-4-8-15-10-14)13(18)17-11-5-6-12(16-9-11)21(2,19)20/h5-6,9,15H,3-4,7-8,10H2,1-2H3,(H,17,18). The summed E-state index contributed by atoms with van der Waals surface area (Å²) in [6.45, 7) is 3.63. The molecule has 1 aromatic rings. The zero-order valence-corrected chi connectivity index (χ0v) is 13.2. The Morgan fingerprint density at radius 3 is 2.71 bits per heavy atom. The summed E-state index contributed by atoms with van der Waals surface area (Å²) < 4.78 is 22.7. The summed E-state index contributed by atoms with van der Waals surface area (Å²) >= 11 is 0. The van der Waals surface area contributed by atoms with Crippen molar-refractivity contribution in [2.45, 2.75) is 31.2 Å². The number of anilines is 1. The third-order valence-corrected chi connectivity index (χ3v) is 5.01. The zero-order chi connectivity index (χ0) is 15.5. The molecule has 0 bridgehead atoms. The van der Waals surface area contributed by atoms with Crippen LogP contribution >= 0.6 is 0 Å². The van der Waals surface area contributed by atoms with Gasteiger partial charge in [-0.1, -0.05) is 6.92 Å². The van der Waals surface area contributed by atoms with Crippen molar-refractivity contribution in [1.29, 1.82) is 0 Å².